The van der Waals surface area contributed by atoms with E-state index in [-0.39, 0.29) is 11.2 Å². The van der Waals surface area contributed by atoms with Crippen molar-refractivity contribution in [2.24, 2.45) is 0 Å². The van der Waals surface area contributed by atoms with Gasteiger partial charge in [-0.1, -0.05) is 12.1 Å². The molecule has 1 aromatic carbocycles. The summed E-state index contributed by atoms with van der Waals surface area (Å²) in [6.45, 7) is 2.70. The first kappa shape index (κ1) is 13.1. The van der Waals surface area contributed by atoms with Crippen molar-refractivity contribution >= 4 is 17.7 Å². The first-order valence-electron chi connectivity index (χ1n) is 5.15. The van der Waals surface area contributed by atoms with Crippen LogP contribution in [-0.4, -0.2) is 25.4 Å². The molecule has 0 aliphatic heterocycles. The Morgan fingerprint density at radius 3 is 2.56 bits per heavy atom. The first-order valence-corrected chi connectivity index (χ1v) is 6.03. The molecule has 4 heteroatoms. The lowest BCUT2D eigenvalue weighted by Gasteiger charge is -2.09. The summed E-state index contributed by atoms with van der Waals surface area (Å²) in [5.41, 5.74) is 1.23. The Kier molecular flexibility index (Phi) is 5.35. The van der Waals surface area contributed by atoms with Crippen LogP contribution in [0.25, 0.3) is 0 Å². The molecule has 0 saturated carbocycles. The topological polar surface area (TPSA) is 38.3 Å². The lowest BCUT2D eigenvalue weighted by Crippen LogP contribution is -2.14. The second-order valence-electron chi connectivity index (χ2n) is 3.46. The molecule has 1 aromatic rings. The molecule has 0 fully saturated rings. The second-order valence-corrected chi connectivity index (χ2v) is 4.87. The van der Waals surface area contributed by atoms with Crippen LogP contribution < -0.4 is 5.32 Å². The van der Waals surface area contributed by atoms with Gasteiger partial charge in [-0.15, -0.1) is 11.8 Å². The number of rotatable bonds is 5. The lowest BCUT2D eigenvalue weighted by molar-refractivity contribution is -0.139. The highest BCUT2D eigenvalue weighted by Gasteiger charge is 2.13. The molecule has 0 bridgehead atoms. The molecule has 1 rings (SSSR count). The Labute approximate surface area is 101 Å². The SMILES string of the molecule is CNCc1ccc(SC(C)C(=O)OC)cc1. The molecule has 0 heterocycles. The van der Waals surface area contributed by atoms with Crippen molar-refractivity contribution < 1.29 is 9.53 Å². The van der Waals surface area contributed by atoms with Crippen molar-refractivity contribution in [1.29, 1.82) is 0 Å². The van der Waals surface area contributed by atoms with Crippen LogP contribution in [0.15, 0.2) is 29.2 Å². The van der Waals surface area contributed by atoms with Gasteiger partial charge in [0.15, 0.2) is 0 Å². The van der Waals surface area contributed by atoms with Gasteiger partial charge in [0, 0.05) is 11.4 Å². The average molecular weight is 239 g/mol. The van der Waals surface area contributed by atoms with Crippen molar-refractivity contribution in [3.63, 3.8) is 0 Å². The molecule has 0 saturated heterocycles. The predicted molar refractivity (Wildman–Crippen MR) is 66.5 cm³/mol. The summed E-state index contributed by atoms with van der Waals surface area (Å²) in [7, 11) is 3.33. The van der Waals surface area contributed by atoms with Gasteiger partial charge in [-0.05, 0) is 31.7 Å². The summed E-state index contributed by atoms with van der Waals surface area (Å²) in [6, 6.07) is 8.17. The Morgan fingerprint density at radius 1 is 1.44 bits per heavy atom. The number of benzene rings is 1. The van der Waals surface area contributed by atoms with Gasteiger partial charge in [-0.3, -0.25) is 4.79 Å². The summed E-state index contributed by atoms with van der Waals surface area (Å²) in [5.74, 6) is -0.190. The fourth-order valence-corrected chi connectivity index (χ4v) is 2.20. The summed E-state index contributed by atoms with van der Waals surface area (Å²) in [4.78, 5) is 12.3. The minimum absolute atomic E-state index is 0.167. The fourth-order valence-electron chi connectivity index (χ4n) is 1.31. The van der Waals surface area contributed by atoms with E-state index in [4.69, 9.17) is 0 Å². The maximum absolute atomic E-state index is 11.2. The van der Waals surface area contributed by atoms with Crippen LogP contribution in [0.1, 0.15) is 12.5 Å². The number of esters is 1. The molecule has 0 aliphatic carbocycles. The quantitative estimate of drug-likeness (QED) is 0.630. The zero-order chi connectivity index (χ0) is 12.0. The van der Waals surface area contributed by atoms with Gasteiger partial charge in [0.1, 0.15) is 5.25 Å². The highest BCUT2D eigenvalue weighted by molar-refractivity contribution is 8.00. The van der Waals surface area contributed by atoms with E-state index in [0.29, 0.717) is 0 Å². The molecule has 0 radical (unpaired) electrons. The van der Waals surface area contributed by atoms with Gasteiger partial charge < -0.3 is 10.1 Å². The van der Waals surface area contributed by atoms with Gasteiger partial charge >= 0.3 is 5.97 Å². The molecule has 0 aliphatic rings. The van der Waals surface area contributed by atoms with Crippen LogP contribution in [0, 0.1) is 0 Å². The molecule has 16 heavy (non-hydrogen) atoms. The molecule has 0 spiro atoms. The van der Waals surface area contributed by atoms with Crippen molar-refractivity contribution in [2.75, 3.05) is 14.2 Å². The van der Waals surface area contributed by atoms with Gasteiger partial charge in [0.05, 0.1) is 7.11 Å². The molecular formula is C12H17NO2S. The van der Waals surface area contributed by atoms with Crippen LogP contribution in [0.5, 0.6) is 0 Å². The number of ether oxygens (including phenoxy) is 1. The summed E-state index contributed by atoms with van der Waals surface area (Å²) < 4.78 is 4.68. The van der Waals surface area contributed by atoms with Gasteiger partial charge in [-0.2, -0.15) is 0 Å². The fraction of sp³-hybridized carbons (Fsp3) is 0.417. The van der Waals surface area contributed by atoms with Crippen molar-refractivity contribution in [1.82, 2.24) is 5.32 Å². The molecule has 88 valence electrons. The summed E-state index contributed by atoms with van der Waals surface area (Å²) in [5, 5.41) is 2.92. The summed E-state index contributed by atoms with van der Waals surface area (Å²) in [6.07, 6.45) is 0. The molecule has 0 aromatic heterocycles. The van der Waals surface area contributed by atoms with E-state index >= 15 is 0 Å². The van der Waals surface area contributed by atoms with Gasteiger partial charge in [0.25, 0.3) is 0 Å². The van der Waals surface area contributed by atoms with E-state index in [9.17, 15) is 4.79 Å². The third-order valence-electron chi connectivity index (χ3n) is 2.15. The van der Waals surface area contributed by atoms with Crippen molar-refractivity contribution in [2.45, 2.75) is 23.6 Å². The van der Waals surface area contributed by atoms with E-state index in [2.05, 4.69) is 22.2 Å². The number of hydrogen-bond donors (Lipinski definition) is 1. The van der Waals surface area contributed by atoms with Gasteiger partial charge in [0.2, 0.25) is 0 Å². The summed E-state index contributed by atoms with van der Waals surface area (Å²) >= 11 is 1.51. The van der Waals surface area contributed by atoms with E-state index < -0.39 is 0 Å². The van der Waals surface area contributed by atoms with Crippen LogP contribution in [-0.2, 0) is 16.1 Å². The number of carbonyl (C=O) groups is 1. The largest absolute Gasteiger partial charge is 0.468 e. The third-order valence-corrected chi connectivity index (χ3v) is 3.24. The maximum atomic E-state index is 11.2. The minimum atomic E-state index is -0.190. The average Bonchev–Trinajstić information content (AvgIpc) is 2.31. The maximum Gasteiger partial charge on any atom is 0.318 e. The minimum Gasteiger partial charge on any atom is -0.468 e. The van der Waals surface area contributed by atoms with E-state index in [1.165, 1.54) is 24.4 Å². The number of carbonyl (C=O) groups excluding carboxylic acids is 1. The molecule has 1 N–H and O–H groups in total. The molecular weight excluding hydrogens is 222 g/mol. The first-order chi connectivity index (χ1) is 7.67. The van der Waals surface area contributed by atoms with Crippen LogP contribution in [0.4, 0.5) is 0 Å². The molecule has 3 nitrogen and oxygen atoms in total. The molecule has 0 amide bonds. The third kappa shape index (κ3) is 3.87. The number of thioether (sulfide) groups is 1. The molecule has 1 unspecified atom stereocenters. The predicted octanol–water partition coefficient (Wildman–Crippen LogP) is 2.06. The highest BCUT2D eigenvalue weighted by atomic mass is 32.2. The molecule has 1 atom stereocenters. The smallest absolute Gasteiger partial charge is 0.318 e. The monoisotopic (exact) mass is 239 g/mol. The van der Waals surface area contributed by atoms with E-state index in [0.717, 1.165) is 11.4 Å². The second kappa shape index (κ2) is 6.55. The lowest BCUT2D eigenvalue weighted by atomic mass is 10.2. The number of methoxy groups -OCH3 is 1. The normalized spacial score (nSPS) is 12.2. The highest BCUT2D eigenvalue weighted by Crippen LogP contribution is 2.24. The van der Waals surface area contributed by atoms with Crippen LogP contribution in [0.2, 0.25) is 0 Å². The Bertz CT molecular complexity index is 337. The van der Waals surface area contributed by atoms with E-state index in [1.54, 1.807) is 0 Å². The zero-order valence-corrected chi connectivity index (χ0v) is 10.6. The van der Waals surface area contributed by atoms with E-state index in [1.807, 2.05) is 26.1 Å². The zero-order valence-electron chi connectivity index (χ0n) is 9.82. The Morgan fingerprint density at radius 2 is 2.06 bits per heavy atom. The van der Waals surface area contributed by atoms with Crippen LogP contribution >= 0.6 is 11.8 Å². The Hall–Kier alpha value is -1.00. The number of nitrogens with one attached hydrogen (secondary N) is 1. The van der Waals surface area contributed by atoms with Gasteiger partial charge in [-0.25, -0.2) is 0 Å². The number of hydrogen-bond acceptors (Lipinski definition) is 4. The van der Waals surface area contributed by atoms with Crippen molar-refractivity contribution in [3.05, 3.63) is 29.8 Å². The van der Waals surface area contributed by atoms with Crippen LogP contribution in [0.3, 0.4) is 0 Å². The standard InChI is InChI=1S/C12H17NO2S/c1-9(12(14)15-3)16-11-6-4-10(5-7-11)8-13-2/h4-7,9,13H,8H2,1-3H3. The van der Waals surface area contributed by atoms with Crippen molar-refractivity contribution in [3.8, 4) is 0 Å². The Balaban J connectivity index is 2.58.